The first-order valence-corrected chi connectivity index (χ1v) is 32.2. The molecular weight excluding hydrogens is 1540 g/mol. The third kappa shape index (κ3) is 19.0. The summed E-state index contributed by atoms with van der Waals surface area (Å²) in [6, 6.07) is 16.5. The molecule has 2 saturated heterocycles. The molecule has 370 valence electrons. The predicted molar refractivity (Wildman–Crippen MR) is 328 cm³/mol. The smallest absolute Gasteiger partial charge is 0.341 e. The van der Waals surface area contributed by atoms with Gasteiger partial charge in [-0.05, 0) is 94.9 Å². The lowest BCUT2D eigenvalue weighted by molar-refractivity contribution is 0.0515. The minimum atomic E-state index is -0.379. The molecule has 2 fully saturated rings. The summed E-state index contributed by atoms with van der Waals surface area (Å²) in [5.41, 5.74) is 11.1. The maximum absolute atomic E-state index is 11.7. The Kier molecular flexibility index (Phi) is 29.4. The minimum absolute atomic E-state index is 0. The zero-order chi connectivity index (χ0) is 48.7. The lowest BCUT2D eigenvalue weighted by Gasteiger charge is -2.32. The molecule has 0 spiro atoms. The van der Waals surface area contributed by atoms with E-state index >= 15 is 0 Å². The van der Waals surface area contributed by atoms with Gasteiger partial charge in [0.05, 0.1) is 24.3 Å². The topological polar surface area (TPSA) is 164 Å². The van der Waals surface area contributed by atoms with Crippen LogP contribution in [0.1, 0.15) is 89.0 Å². The Balaban J connectivity index is 0.000000275. The number of nitrogens with zero attached hydrogens (tertiary/aromatic N) is 8. The van der Waals surface area contributed by atoms with Gasteiger partial charge in [0, 0.05) is 142 Å². The average molecular weight is 1610 g/mol. The van der Waals surface area contributed by atoms with Crippen LogP contribution in [0.15, 0.2) is 85.7 Å². The number of carbonyl (C=O) groups excluding carboxylic acids is 3. The number of hydrogen-bond acceptors (Lipinski definition) is 12. The van der Waals surface area contributed by atoms with Gasteiger partial charge < -0.3 is 34.1 Å². The van der Waals surface area contributed by atoms with Gasteiger partial charge in [-0.2, -0.15) is 0 Å². The van der Waals surface area contributed by atoms with Gasteiger partial charge in [0.15, 0.2) is 6.29 Å². The lowest BCUT2D eigenvalue weighted by atomic mass is 9.91. The Bertz CT molecular complexity index is 2400. The van der Waals surface area contributed by atoms with Crippen molar-refractivity contribution in [2.45, 2.75) is 58.7 Å². The summed E-state index contributed by atoms with van der Waals surface area (Å²) in [6.45, 7) is 8.79. The van der Waals surface area contributed by atoms with Crippen molar-refractivity contribution in [3.63, 3.8) is 0 Å². The van der Waals surface area contributed by atoms with E-state index < -0.39 is 0 Å². The summed E-state index contributed by atoms with van der Waals surface area (Å²) >= 11 is 11.2. The first kappa shape index (κ1) is 60.5. The van der Waals surface area contributed by atoms with Gasteiger partial charge in [0.2, 0.25) is 11.9 Å². The van der Waals surface area contributed by atoms with Crippen molar-refractivity contribution >= 4 is 181 Å². The molecule has 20 heteroatoms. The molecule has 2 N–H and O–H groups in total. The van der Waals surface area contributed by atoms with Crippen LogP contribution in [0.5, 0.6) is 0 Å². The summed E-state index contributed by atoms with van der Waals surface area (Å²) in [7, 11) is 4.07. The number of hydrogen-bond donors (Lipinski definition) is 1. The Labute approximate surface area is 482 Å². The largest absolute Gasteiger partial charge is 0.462 e. The molecule has 8 rings (SSSR count). The average Bonchev–Trinajstić information content (AvgIpc) is 3.87. The molecule has 68 heavy (non-hydrogen) atoms. The van der Waals surface area contributed by atoms with E-state index in [1.807, 2.05) is 42.1 Å². The highest BCUT2D eigenvalue weighted by Gasteiger charge is 2.22. The van der Waals surface area contributed by atoms with Crippen molar-refractivity contribution < 1.29 is 23.9 Å². The summed E-state index contributed by atoms with van der Waals surface area (Å²) in [5.74, 6) is 2.00. The Hall–Kier alpha value is -1.77. The van der Waals surface area contributed by atoms with E-state index in [0.29, 0.717) is 42.2 Å². The Morgan fingerprint density at radius 3 is 1.56 bits per heavy atom. The van der Waals surface area contributed by atoms with Crippen LogP contribution in [0.25, 0.3) is 21.8 Å². The maximum atomic E-state index is 11.7. The van der Waals surface area contributed by atoms with Crippen molar-refractivity contribution in [3.05, 3.63) is 108 Å². The number of benzene rings is 2. The number of rotatable bonds is 12. The fourth-order valence-electron chi connectivity index (χ4n) is 8.07. The number of aldehydes is 1. The minimum Gasteiger partial charge on any atom is -0.462 e. The van der Waals surface area contributed by atoms with Gasteiger partial charge in [-0.15, -0.1) is 24.0 Å². The zero-order valence-corrected chi connectivity index (χ0v) is 51.9. The number of alkyl halides is 3. The van der Waals surface area contributed by atoms with Crippen molar-refractivity contribution in [1.29, 1.82) is 0 Å². The van der Waals surface area contributed by atoms with Gasteiger partial charge in [0.25, 0.3) is 0 Å². The summed E-state index contributed by atoms with van der Waals surface area (Å²) in [5, 5.41) is 2.41. The van der Waals surface area contributed by atoms with Crippen LogP contribution in [-0.2, 0) is 30.0 Å². The Morgan fingerprint density at radius 1 is 0.706 bits per heavy atom. The van der Waals surface area contributed by atoms with Crippen LogP contribution >= 0.6 is 129 Å². The maximum Gasteiger partial charge on any atom is 0.341 e. The molecule has 0 radical (unpaired) electrons. The number of carbonyl (C=O) groups is 3. The molecule has 14 nitrogen and oxygen atoms in total. The van der Waals surface area contributed by atoms with Crippen LogP contribution < -0.4 is 15.5 Å². The molecule has 0 saturated carbocycles. The first-order valence-electron chi connectivity index (χ1n) is 22.2. The molecule has 0 amide bonds. The van der Waals surface area contributed by atoms with Crippen molar-refractivity contribution in [2.75, 3.05) is 55.7 Å². The van der Waals surface area contributed by atoms with E-state index in [4.69, 9.17) is 15.2 Å². The van der Waals surface area contributed by atoms with Gasteiger partial charge in [-0.3, -0.25) is 4.79 Å². The number of nitrogens with two attached hydrogens (primary N) is 1. The second kappa shape index (κ2) is 33.1. The fourth-order valence-corrected chi connectivity index (χ4v) is 8.07. The molecule has 2 aliphatic heterocycles. The molecular formula is C48H61I6N9O5. The number of fused-ring (bicyclic) bond motifs is 2. The van der Waals surface area contributed by atoms with Crippen LogP contribution in [-0.4, -0.2) is 93.2 Å². The van der Waals surface area contributed by atoms with Crippen molar-refractivity contribution in [1.82, 2.24) is 29.1 Å². The van der Waals surface area contributed by atoms with Gasteiger partial charge in [-0.1, -0.05) is 104 Å². The third-order valence-corrected chi connectivity index (χ3v) is 11.5. The summed E-state index contributed by atoms with van der Waals surface area (Å²) < 4.78 is 14.8. The third-order valence-electron chi connectivity index (χ3n) is 11.5. The molecule has 0 unspecified atom stereocenters. The van der Waals surface area contributed by atoms with Crippen LogP contribution in [0.2, 0.25) is 0 Å². The number of anilines is 2. The van der Waals surface area contributed by atoms with E-state index in [1.54, 1.807) is 26.2 Å². The molecule has 4 aromatic heterocycles. The summed E-state index contributed by atoms with van der Waals surface area (Å²) in [4.78, 5) is 55.4. The van der Waals surface area contributed by atoms with E-state index in [0.717, 1.165) is 80.6 Å². The number of esters is 2. The molecule has 6 aromatic rings. The lowest BCUT2D eigenvalue weighted by Crippen LogP contribution is -2.37. The van der Waals surface area contributed by atoms with E-state index in [1.165, 1.54) is 54.5 Å². The van der Waals surface area contributed by atoms with Gasteiger partial charge in [0.1, 0.15) is -0.0619 Å². The van der Waals surface area contributed by atoms with Crippen LogP contribution in [0, 0.1) is 11.8 Å². The van der Waals surface area contributed by atoms with E-state index in [9.17, 15) is 14.4 Å². The second-order valence-corrected chi connectivity index (χ2v) is 26.7. The normalized spacial score (nSPS) is 13.6. The SMILES string of the molecule is CCOC(=O)c1cnc(N2CCC(CCCc3cn(C)c4ccccc34)CC2)nc1.CCOC(=O)c1cnc(N2CCC(CN)CC2)nc1.Cn1cc(C=O)c2ccccc21.I.IC(I)I.II. The number of para-hydroxylation sites is 2. The monoisotopic (exact) mass is 1600 g/mol. The highest BCUT2D eigenvalue weighted by atomic mass is 128. The standard InChI is InChI=1S/C24H30N4O2.C13H20N4O2.C10H9NO.CHI3.I2.HI/c1-3-30-23(29)20-15-25-24(26-16-20)28-13-11-18(12-14-28)7-6-8-19-17-27(2)22-10-5-4-9-21(19)22;1-2-19-12(18)11-8-15-13(16-9-11)17-5-3-10(7-14)4-6-17;1-11-6-8(7-12)9-4-2-3-5-10(9)11;2-1(3)4;1-2;/h4-5,9-10,15-18H,3,6-8,11-14H2,1-2H3;8-10H,2-7,14H2,1H3;2-7H,1H3;1H;;1H. The molecule has 0 aliphatic carbocycles. The zero-order valence-electron chi connectivity index (χ0n) is 38.8. The number of piperidine rings is 2. The van der Waals surface area contributed by atoms with Crippen molar-refractivity contribution in [2.24, 2.45) is 31.7 Å². The molecule has 0 atom stereocenters. The molecule has 2 aromatic carbocycles. The van der Waals surface area contributed by atoms with Gasteiger partial charge >= 0.3 is 11.9 Å². The number of aromatic nitrogens is 6. The molecule has 2 aliphatic rings. The first-order chi connectivity index (χ1) is 32.5. The van der Waals surface area contributed by atoms with Crippen LogP contribution in [0.3, 0.4) is 0 Å². The quantitative estimate of drug-likeness (QED) is 0.0535. The van der Waals surface area contributed by atoms with Crippen LogP contribution in [0.4, 0.5) is 11.9 Å². The van der Waals surface area contributed by atoms with E-state index in [-0.39, 0.29) is 35.9 Å². The predicted octanol–water partition coefficient (Wildman–Crippen LogP) is 12.2. The summed E-state index contributed by atoms with van der Waals surface area (Å²) in [6.07, 6.45) is 19.3. The molecule has 0 bridgehead atoms. The Morgan fingerprint density at radius 2 is 1.12 bits per heavy atom. The number of ether oxygens (including phenoxy) is 2. The highest BCUT2D eigenvalue weighted by Crippen LogP contribution is 2.27. The van der Waals surface area contributed by atoms with Gasteiger partial charge in [-0.25, -0.2) is 29.5 Å². The second-order valence-electron chi connectivity index (χ2n) is 15.8. The number of aryl methyl sites for hydroxylation is 3. The highest BCUT2D eigenvalue weighted by molar-refractivity contribution is 15.0. The van der Waals surface area contributed by atoms with Crippen molar-refractivity contribution in [3.8, 4) is 0 Å². The molecule has 6 heterocycles. The number of halogens is 6. The van der Waals surface area contributed by atoms with E-state index in [2.05, 4.69) is 177 Å². The fraction of sp³-hybridized carbons (Fsp3) is 0.438.